The van der Waals surface area contributed by atoms with E-state index in [1.807, 2.05) is 0 Å². The van der Waals surface area contributed by atoms with E-state index in [2.05, 4.69) is 17.9 Å². The molecule has 0 fully saturated rings. The molecule has 0 heterocycles. The predicted molar refractivity (Wildman–Crippen MR) is 68.2 cm³/mol. The lowest BCUT2D eigenvalue weighted by molar-refractivity contribution is -0.135. The molecule has 0 bridgehead atoms. The molecule has 0 aliphatic rings. The molecule has 0 saturated heterocycles. The van der Waals surface area contributed by atoms with Crippen LogP contribution in [0.5, 0.6) is 5.75 Å². The highest BCUT2D eigenvalue weighted by molar-refractivity contribution is 7.80. The van der Waals surface area contributed by atoms with E-state index >= 15 is 0 Å². The van der Waals surface area contributed by atoms with Crippen molar-refractivity contribution < 1.29 is 14.3 Å². The van der Waals surface area contributed by atoms with Gasteiger partial charge in [-0.05, 0) is 24.3 Å². The van der Waals surface area contributed by atoms with Crippen molar-refractivity contribution in [2.24, 2.45) is 5.73 Å². The van der Waals surface area contributed by atoms with Crippen LogP contribution in [-0.4, -0.2) is 23.7 Å². The Bertz CT molecular complexity index is 406. The number of ether oxygens (including phenoxy) is 1. The zero-order valence-electron chi connectivity index (χ0n) is 9.34. The third-order valence-corrected chi connectivity index (χ3v) is 2.29. The summed E-state index contributed by atoms with van der Waals surface area (Å²) in [5, 5.41) is 2.60. The fraction of sp³-hybridized carbons (Fsp3) is 0.273. The third-order valence-electron chi connectivity index (χ3n) is 1.89. The first-order valence-corrected chi connectivity index (χ1v) is 5.62. The van der Waals surface area contributed by atoms with Gasteiger partial charge in [-0.1, -0.05) is 0 Å². The minimum absolute atomic E-state index is 0.160. The normalized spacial score (nSPS) is 11.7. The first-order chi connectivity index (χ1) is 8.02. The summed E-state index contributed by atoms with van der Waals surface area (Å²) in [4.78, 5) is 22.1. The molecule has 1 amide bonds. The Hall–Kier alpha value is -1.53. The number of rotatable bonds is 4. The maximum absolute atomic E-state index is 11.3. The van der Waals surface area contributed by atoms with Gasteiger partial charge in [0.15, 0.2) is 0 Å². The van der Waals surface area contributed by atoms with Crippen LogP contribution in [0.2, 0.25) is 0 Å². The van der Waals surface area contributed by atoms with Crippen LogP contribution in [0, 0.1) is 0 Å². The number of carbonyl (C=O) groups is 2. The highest BCUT2D eigenvalue weighted by Crippen LogP contribution is 2.16. The number of hydrogen-bond acceptors (Lipinski definition) is 5. The zero-order valence-corrected chi connectivity index (χ0v) is 10.2. The molecule has 17 heavy (non-hydrogen) atoms. The van der Waals surface area contributed by atoms with Crippen molar-refractivity contribution in [1.82, 2.24) is 0 Å². The van der Waals surface area contributed by atoms with E-state index in [1.165, 1.54) is 6.92 Å². The molecule has 0 spiro atoms. The molecule has 0 saturated carbocycles. The Morgan fingerprint density at radius 2 is 2.00 bits per heavy atom. The van der Waals surface area contributed by atoms with Crippen LogP contribution in [-0.2, 0) is 9.59 Å². The van der Waals surface area contributed by atoms with Gasteiger partial charge in [0.05, 0.1) is 0 Å². The minimum atomic E-state index is -0.742. The Balaban J connectivity index is 2.62. The maximum Gasteiger partial charge on any atom is 0.329 e. The molecule has 1 unspecified atom stereocenters. The predicted octanol–water partition coefficient (Wildman–Crippen LogP) is 0.808. The number of benzene rings is 1. The van der Waals surface area contributed by atoms with Crippen LogP contribution in [0.25, 0.3) is 0 Å². The van der Waals surface area contributed by atoms with Crippen LogP contribution in [0.4, 0.5) is 5.69 Å². The smallest absolute Gasteiger partial charge is 0.329 e. The van der Waals surface area contributed by atoms with Crippen molar-refractivity contribution in [3.05, 3.63) is 24.3 Å². The third kappa shape index (κ3) is 4.46. The Labute approximate surface area is 105 Å². The molecule has 1 aromatic rings. The molecular formula is C11H14N2O3S. The summed E-state index contributed by atoms with van der Waals surface area (Å²) < 4.78 is 5.00. The quantitative estimate of drug-likeness (QED) is 0.422. The summed E-state index contributed by atoms with van der Waals surface area (Å²) in [5.74, 6) is -0.0940. The molecule has 92 valence electrons. The zero-order chi connectivity index (χ0) is 12.8. The molecule has 0 aliphatic heterocycles. The van der Waals surface area contributed by atoms with Crippen LogP contribution < -0.4 is 15.8 Å². The van der Waals surface area contributed by atoms with Crippen LogP contribution >= 0.6 is 12.6 Å². The second-order valence-electron chi connectivity index (χ2n) is 3.42. The van der Waals surface area contributed by atoms with E-state index < -0.39 is 12.0 Å². The Kier molecular flexibility index (Phi) is 4.99. The van der Waals surface area contributed by atoms with E-state index in [-0.39, 0.29) is 11.7 Å². The van der Waals surface area contributed by atoms with Crippen molar-refractivity contribution in [3.63, 3.8) is 0 Å². The van der Waals surface area contributed by atoms with E-state index in [4.69, 9.17) is 10.5 Å². The summed E-state index contributed by atoms with van der Waals surface area (Å²) in [6.45, 7) is 1.42. The number of amides is 1. The van der Waals surface area contributed by atoms with Gasteiger partial charge < -0.3 is 15.8 Å². The second kappa shape index (κ2) is 6.27. The summed E-state index contributed by atoms with van der Waals surface area (Å²) in [6.07, 6.45) is 0. The molecule has 5 nitrogen and oxygen atoms in total. The fourth-order valence-electron chi connectivity index (χ4n) is 1.08. The molecule has 1 atom stereocenters. The van der Waals surface area contributed by atoms with Crippen molar-refractivity contribution >= 4 is 30.2 Å². The second-order valence-corrected chi connectivity index (χ2v) is 3.78. The molecule has 0 aromatic heterocycles. The van der Waals surface area contributed by atoms with Crippen molar-refractivity contribution in [3.8, 4) is 5.75 Å². The maximum atomic E-state index is 11.3. The summed E-state index contributed by atoms with van der Waals surface area (Å²) in [6, 6.07) is 5.68. The fourth-order valence-corrected chi connectivity index (χ4v) is 1.23. The lowest BCUT2D eigenvalue weighted by Gasteiger charge is -2.09. The highest BCUT2D eigenvalue weighted by atomic mass is 32.1. The number of esters is 1. The molecule has 1 aromatic carbocycles. The molecule has 1 rings (SSSR count). The van der Waals surface area contributed by atoms with E-state index in [0.29, 0.717) is 11.4 Å². The van der Waals surface area contributed by atoms with Gasteiger partial charge in [-0.25, -0.2) is 4.79 Å². The number of thiol groups is 1. The molecule has 0 aliphatic carbocycles. The number of hydrogen-bond donors (Lipinski definition) is 3. The van der Waals surface area contributed by atoms with Gasteiger partial charge in [-0.3, -0.25) is 4.79 Å². The van der Waals surface area contributed by atoms with Gasteiger partial charge in [0.2, 0.25) is 5.91 Å². The van der Waals surface area contributed by atoms with Gasteiger partial charge in [-0.2, -0.15) is 12.6 Å². The van der Waals surface area contributed by atoms with Crippen molar-refractivity contribution in [2.45, 2.75) is 13.0 Å². The van der Waals surface area contributed by atoms with E-state index in [0.717, 1.165) is 0 Å². The van der Waals surface area contributed by atoms with Crippen molar-refractivity contribution in [2.75, 3.05) is 11.1 Å². The monoisotopic (exact) mass is 254 g/mol. The molecule has 3 N–H and O–H groups in total. The van der Waals surface area contributed by atoms with Gasteiger partial charge in [-0.15, -0.1) is 0 Å². The molecular weight excluding hydrogens is 240 g/mol. The average Bonchev–Trinajstić information content (AvgIpc) is 2.30. The van der Waals surface area contributed by atoms with Crippen LogP contribution in [0.1, 0.15) is 6.92 Å². The van der Waals surface area contributed by atoms with Gasteiger partial charge in [0.1, 0.15) is 11.8 Å². The van der Waals surface area contributed by atoms with E-state index in [1.54, 1.807) is 24.3 Å². The summed E-state index contributed by atoms with van der Waals surface area (Å²) in [5.41, 5.74) is 6.09. The van der Waals surface area contributed by atoms with Gasteiger partial charge >= 0.3 is 5.97 Å². The average molecular weight is 254 g/mol. The number of carbonyl (C=O) groups excluding carboxylic acids is 2. The standard InChI is InChI=1S/C11H14N2O3S/c1-7(14)13-8-2-4-9(5-3-8)16-11(15)10(12)6-17/h2-5,10,17H,6,12H2,1H3,(H,13,14). The lowest BCUT2D eigenvalue weighted by atomic mass is 10.3. The topological polar surface area (TPSA) is 81.4 Å². The Morgan fingerprint density at radius 1 is 1.41 bits per heavy atom. The molecule has 6 heteroatoms. The SMILES string of the molecule is CC(=O)Nc1ccc(OC(=O)C(N)CS)cc1. The number of nitrogens with two attached hydrogens (primary N) is 1. The van der Waals surface area contributed by atoms with Gasteiger partial charge in [0, 0.05) is 18.4 Å². The summed E-state index contributed by atoms with van der Waals surface area (Å²) >= 11 is 3.90. The number of nitrogens with one attached hydrogen (secondary N) is 1. The van der Waals surface area contributed by atoms with Crippen LogP contribution in [0.3, 0.4) is 0 Å². The Morgan fingerprint density at radius 3 is 2.47 bits per heavy atom. The first kappa shape index (κ1) is 13.5. The highest BCUT2D eigenvalue weighted by Gasteiger charge is 2.13. The van der Waals surface area contributed by atoms with Gasteiger partial charge in [0.25, 0.3) is 0 Å². The lowest BCUT2D eigenvalue weighted by Crippen LogP contribution is -2.35. The largest absolute Gasteiger partial charge is 0.425 e. The minimum Gasteiger partial charge on any atom is -0.425 e. The number of anilines is 1. The van der Waals surface area contributed by atoms with E-state index in [9.17, 15) is 9.59 Å². The van der Waals surface area contributed by atoms with Crippen LogP contribution in [0.15, 0.2) is 24.3 Å². The van der Waals surface area contributed by atoms with Crippen molar-refractivity contribution in [1.29, 1.82) is 0 Å². The summed E-state index contributed by atoms with van der Waals surface area (Å²) in [7, 11) is 0. The molecule has 0 radical (unpaired) electrons. The first-order valence-electron chi connectivity index (χ1n) is 4.98.